The van der Waals surface area contributed by atoms with Crippen molar-refractivity contribution in [3.63, 3.8) is 0 Å². The van der Waals surface area contributed by atoms with E-state index in [4.69, 9.17) is 4.98 Å². The van der Waals surface area contributed by atoms with Gasteiger partial charge in [0.05, 0.1) is 11.2 Å². The van der Waals surface area contributed by atoms with Crippen LogP contribution in [0.5, 0.6) is 0 Å². The minimum Gasteiger partial charge on any atom is -0.309 e. The lowest BCUT2D eigenvalue weighted by Crippen LogP contribution is -2.14. The zero-order valence-electron chi connectivity index (χ0n) is 9.02. The number of hydrogen-bond acceptors (Lipinski definition) is 2. The van der Waals surface area contributed by atoms with Gasteiger partial charge in [-0.25, -0.2) is 0 Å². The standard InChI is InChI=1S/C13H14N2.ClH/c1-2-5-11-10(4-1)7-8-13(15-11)12-6-3-9-14-12;/h1-2,4-5,7-8,12,14H,3,6,9H2;1H/t12-;/m1./s1. The molecule has 1 saturated heterocycles. The Morgan fingerprint density at radius 3 is 2.81 bits per heavy atom. The number of halogens is 1. The summed E-state index contributed by atoms with van der Waals surface area (Å²) in [6.07, 6.45) is 2.48. The van der Waals surface area contributed by atoms with Gasteiger partial charge in [-0.15, -0.1) is 12.4 Å². The SMILES string of the molecule is Cl.c1ccc2nc([C@H]3CCCN3)ccc2c1. The molecule has 2 aromatic rings. The van der Waals surface area contributed by atoms with Crippen molar-refractivity contribution in [2.75, 3.05) is 6.54 Å². The van der Waals surface area contributed by atoms with Gasteiger partial charge in [-0.05, 0) is 31.5 Å². The van der Waals surface area contributed by atoms with Crippen LogP contribution < -0.4 is 5.32 Å². The van der Waals surface area contributed by atoms with E-state index in [0.717, 1.165) is 12.1 Å². The first-order valence-corrected chi connectivity index (χ1v) is 5.52. The summed E-state index contributed by atoms with van der Waals surface area (Å²) >= 11 is 0. The van der Waals surface area contributed by atoms with Crippen molar-refractivity contribution in [3.8, 4) is 0 Å². The molecule has 0 saturated carbocycles. The van der Waals surface area contributed by atoms with E-state index in [0.29, 0.717) is 6.04 Å². The molecule has 2 heterocycles. The molecule has 84 valence electrons. The second-order valence-corrected chi connectivity index (χ2v) is 4.08. The molecule has 0 amide bonds. The van der Waals surface area contributed by atoms with Gasteiger partial charge in [-0.2, -0.15) is 0 Å². The Kier molecular flexibility index (Phi) is 3.42. The summed E-state index contributed by atoms with van der Waals surface area (Å²) in [5, 5.41) is 4.70. The van der Waals surface area contributed by atoms with E-state index >= 15 is 0 Å². The summed E-state index contributed by atoms with van der Waals surface area (Å²) in [5.41, 5.74) is 2.29. The largest absolute Gasteiger partial charge is 0.309 e. The van der Waals surface area contributed by atoms with Gasteiger partial charge in [0, 0.05) is 11.4 Å². The van der Waals surface area contributed by atoms with Crippen molar-refractivity contribution < 1.29 is 0 Å². The second-order valence-electron chi connectivity index (χ2n) is 4.08. The van der Waals surface area contributed by atoms with Crippen LogP contribution in [0.2, 0.25) is 0 Å². The molecule has 1 aliphatic heterocycles. The van der Waals surface area contributed by atoms with Gasteiger partial charge >= 0.3 is 0 Å². The fourth-order valence-corrected chi connectivity index (χ4v) is 2.21. The van der Waals surface area contributed by atoms with Crippen LogP contribution in [0.3, 0.4) is 0 Å². The monoisotopic (exact) mass is 234 g/mol. The predicted octanol–water partition coefficient (Wildman–Crippen LogP) is 3.08. The number of hydrogen-bond donors (Lipinski definition) is 1. The molecule has 0 bridgehead atoms. The van der Waals surface area contributed by atoms with Gasteiger partial charge in [-0.3, -0.25) is 4.98 Å². The van der Waals surface area contributed by atoms with Crippen LogP contribution in [0.25, 0.3) is 10.9 Å². The number of pyridine rings is 1. The quantitative estimate of drug-likeness (QED) is 0.820. The first-order valence-electron chi connectivity index (χ1n) is 5.52. The maximum absolute atomic E-state index is 4.69. The van der Waals surface area contributed by atoms with E-state index in [1.807, 2.05) is 6.07 Å². The Balaban J connectivity index is 0.000000963. The highest BCUT2D eigenvalue weighted by Crippen LogP contribution is 2.23. The van der Waals surface area contributed by atoms with E-state index in [2.05, 4.69) is 35.6 Å². The maximum Gasteiger partial charge on any atom is 0.0706 e. The third-order valence-electron chi connectivity index (χ3n) is 3.04. The molecule has 1 aromatic carbocycles. The lowest BCUT2D eigenvalue weighted by atomic mass is 10.1. The summed E-state index contributed by atoms with van der Waals surface area (Å²) < 4.78 is 0. The number of aromatic nitrogens is 1. The highest BCUT2D eigenvalue weighted by Gasteiger charge is 2.17. The Labute approximate surface area is 101 Å². The van der Waals surface area contributed by atoms with Crippen LogP contribution in [0.15, 0.2) is 36.4 Å². The zero-order valence-corrected chi connectivity index (χ0v) is 9.83. The van der Waals surface area contributed by atoms with Crippen molar-refractivity contribution >= 4 is 23.3 Å². The topological polar surface area (TPSA) is 24.9 Å². The molecule has 2 nitrogen and oxygen atoms in total. The van der Waals surface area contributed by atoms with Gasteiger partial charge in [0.15, 0.2) is 0 Å². The molecule has 1 fully saturated rings. The molecule has 1 aliphatic rings. The number of nitrogens with zero attached hydrogens (tertiary/aromatic N) is 1. The number of rotatable bonds is 1. The van der Waals surface area contributed by atoms with E-state index in [1.54, 1.807) is 0 Å². The molecule has 1 atom stereocenters. The fourth-order valence-electron chi connectivity index (χ4n) is 2.21. The molecule has 0 unspecified atom stereocenters. The molecular formula is C13H15ClN2. The van der Waals surface area contributed by atoms with E-state index in [-0.39, 0.29) is 12.4 Å². The van der Waals surface area contributed by atoms with Crippen LogP contribution in [-0.4, -0.2) is 11.5 Å². The second kappa shape index (κ2) is 4.81. The summed E-state index contributed by atoms with van der Waals surface area (Å²) in [4.78, 5) is 4.69. The van der Waals surface area contributed by atoms with Crippen molar-refractivity contribution in [1.82, 2.24) is 10.3 Å². The first-order chi connectivity index (χ1) is 7.43. The average Bonchev–Trinajstić information content (AvgIpc) is 2.82. The summed E-state index contributed by atoms with van der Waals surface area (Å²) in [5.74, 6) is 0. The Morgan fingerprint density at radius 2 is 2.00 bits per heavy atom. The van der Waals surface area contributed by atoms with E-state index in [1.165, 1.54) is 23.9 Å². The van der Waals surface area contributed by atoms with Crippen LogP contribution in [0.1, 0.15) is 24.6 Å². The maximum atomic E-state index is 4.69. The highest BCUT2D eigenvalue weighted by molar-refractivity contribution is 5.85. The molecule has 3 heteroatoms. The van der Waals surface area contributed by atoms with Crippen molar-refractivity contribution in [2.45, 2.75) is 18.9 Å². The average molecular weight is 235 g/mol. The lowest BCUT2D eigenvalue weighted by Gasteiger charge is -2.09. The minimum atomic E-state index is 0. The molecule has 1 N–H and O–H groups in total. The van der Waals surface area contributed by atoms with Crippen molar-refractivity contribution in [1.29, 1.82) is 0 Å². The Morgan fingerprint density at radius 1 is 1.12 bits per heavy atom. The summed E-state index contributed by atoms with van der Waals surface area (Å²) in [7, 11) is 0. The van der Waals surface area contributed by atoms with Crippen LogP contribution in [-0.2, 0) is 0 Å². The summed E-state index contributed by atoms with van der Waals surface area (Å²) in [6.45, 7) is 1.12. The number of fused-ring (bicyclic) bond motifs is 1. The smallest absolute Gasteiger partial charge is 0.0706 e. The normalized spacial score (nSPS) is 19.6. The molecule has 0 aliphatic carbocycles. The van der Waals surface area contributed by atoms with Crippen LogP contribution >= 0.6 is 12.4 Å². The van der Waals surface area contributed by atoms with Gasteiger partial charge in [-0.1, -0.05) is 24.3 Å². The number of nitrogens with one attached hydrogen (secondary N) is 1. The molecule has 1 aromatic heterocycles. The third-order valence-corrected chi connectivity index (χ3v) is 3.04. The van der Waals surface area contributed by atoms with Crippen LogP contribution in [0, 0.1) is 0 Å². The summed E-state index contributed by atoms with van der Waals surface area (Å²) in [6, 6.07) is 13.1. The molecule has 3 rings (SSSR count). The number of benzene rings is 1. The van der Waals surface area contributed by atoms with Gasteiger partial charge in [0.1, 0.15) is 0 Å². The Bertz CT molecular complexity index is 478. The predicted molar refractivity (Wildman–Crippen MR) is 69.0 cm³/mol. The van der Waals surface area contributed by atoms with Gasteiger partial charge < -0.3 is 5.32 Å². The van der Waals surface area contributed by atoms with E-state index < -0.39 is 0 Å². The van der Waals surface area contributed by atoms with Gasteiger partial charge in [0.2, 0.25) is 0 Å². The first kappa shape index (κ1) is 11.4. The zero-order chi connectivity index (χ0) is 10.1. The molecule has 0 spiro atoms. The van der Waals surface area contributed by atoms with Gasteiger partial charge in [0.25, 0.3) is 0 Å². The molecule has 16 heavy (non-hydrogen) atoms. The molecule has 0 radical (unpaired) electrons. The van der Waals surface area contributed by atoms with Crippen LogP contribution in [0.4, 0.5) is 0 Å². The fraction of sp³-hybridized carbons (Fsp3) is 0.308. The third kappa shape index (κ3) is 2.04. The number of para-hydroxylation sites is 1. The lowest BCUT2D eigenvalue weighted by molar-refractivity contribution is 0.630. The van der Waals surface area contributed by atoms with Crippen molar-refractivity contribution in [3.05, 3.63) is 42.1 Å². The highest BCUT2D eigenvalue weighted by atomic mass is 35.5. The molecular weight excluding hydrogens is 220 g/mol. The van der Waals surface area contributed by atoms with Crippen molar-refractivity contribution in [2.24, 2.45) is 0 Å². The van der Waals surface area contributed by atoms with E-state index in [9.17, 15) is 0 Å². The Hall–Kier alpha value is -1.12. The minimum absolute atomic E-state index is 0.